The van der Waals surface area contributed by atoms with E-state index in [1.165, 1.54) is 0 Å². The molecule has 2 N–H and O–H groups in total. The molecule has 1 aromatic rings. The molecule has 6 nitrogen and oxygen atoms in total. The van der Waals surface area contributed by atoms with Crippen molar-refractivity contribution < 1.29 is 14.2 Å². The van der Waals surface area contributed by atoms with Crippen molar-refractivity contribution in [2.24, 2.45) is 4.99 Å². The minimum Gasteiger partial charge on any atom is -0.490 e. The van der Waals surface area contributed by atoms with Gasteiger partial charge in [0.15, 0.2) is 17.5 Å². The highest BCUT2D eigenvalue weighted by Crippen LogP contribution is 2.32. The molecule has 2 rings (SSSR count). The summed E-state index contributed by atoms with van der Waals surface area (Å²) < 4.78 is 16.7. The summed E-state index contributed by atoms with van der Waals surface area (Å²) in [5, 5.41) is 6.54. The van der Waals surface area contributed by atoms with Gasteiger partial charge in [-0.15, -0.1) is 0 Å². The lowest BCUT2D eigenvalue weighted by Crippen LogP contribution is -2.30. The lowest BCUT2D eigenvalue weighted by molar-refractivity contribution is 0.146. The van der Waals surface area contributed by atoms with Crippen LogP contribution in [-0.2, 0) is 4.74 Å². The molecule has 0 aliphatic carbocycles. The van der Waals surface area contributed by atoms with Crippen LogP contribution < -0.4 is 20.1 Å². The van der Waals surface area contributed by atoms with Crippen molar-refractivity contribution in [1.29, 1.82) is 0 Å². The van der Waals surface area contributed by atoms with Crippen LogP contribution in [0.4, 0.5) is 5.69 Å². The van der Waals surface area contributed by atoms with Crippen LogP contribution in [0.5, 0.6) is 11.5 Å². The van der Waals surface area contributed by atoms with Gasteiger partial charge in [-0.25, -0.2) is 0 Å². The summed E-state index contributed by atoms with van der Waals surface area (Å²) in [7, 11) is 0. The van der Waals surface area contributed by atoms with Gasteiger partial charge in [0, 0.05) is 44.5 Å². The number of anilines is 1. The topological polar surface area (TPSA) is 64.1 Å². The average Bonchev–Trinajstić information content (AvgIpc) is 2.79. The van der Waals surface area contributed by atoms with Gasteiger partial charge < -0.3 is 24.8 Å². The maximum atomic E-state index is 5.71. The normalized spacial score (nSPS) is 14.3. The number of rotatable bonds is 7. The number of ether oxygens (including phenoxy) is 3. The second-order valence-electron chi connectivity index (χ2n) is 5.15. The Morgan fingerprint density at radius 2 is 2.04 bits per heavy atom. The Hall–Kier alpha value is -1.95. The molecule has 1 aromatic carbocycles. The molecular weight excluding hydrogens is 294 g/mol. The van der Waals surface area contributed by atoms with Crippen molar-refractivity contribution in [2.75, 3.05) is 44.8 Å². The molecule has 6 heteroatoms. The van der Waals surface area contributed by atoms with E-state index < -0.39 is 0 Å². The summed E-state index contributed by atoms with van der Waals surface area (Å²) in [5.74, 6) is 2.34. The highest BCUT2D eigenvalue weighted by atomic mass is 16.5. The van der Waals surface area contributed by atoms with E-state index in [0.29, 0.717) is 13.2 Å². The predicted octanol–water partition coefficient (Wildman–Crippen LogP) is 2.65. The van der Waals surface area contributed by atoms with Gasteiger partial charge in [0.2, 0.25) is 0 Å². The fourth-order valence-electron chi connectivity index (χ4n) is 2.19. The van der Waals surface area contributed by atoms with Crippen molar-refractivity contribution in [2.45, 2.75) is 26.7 Å². The summed E-state index contributed by atoms with van der Waals surface area (Å²) in [6, 6.07) is 5.86. The Labute approximate surface area is 138 Å². The molecule has 0 amide bonds. The first-order valence-corrected chi connectivity index (χ1v) is 8.36. The lowest BCUT2D eigenvalue weighted by atomic mass is 10.3. The fraction of sp³-hybridized carbons (Fsp3) is 0.588. The molecule has 0 unspecified atom stereocenters. The Morgan fingerprint density at radius 3 is 2.83 bits per heavy atom. The molecular formula is C17H27N3O3. The van der Waals surface area contributed by atoms with E-state index >= 15 is 0 Å². The van der Waals surface area contributed by atoms with Gasteiger partial charge in [-0.2, -0.15) is 0 Å². The largest absolute Gasteiger partial charge is 0.490 e. The van der Waals surface area contributed by atoms with E-state index in [0.717, 1.165) is 62.3 Å². The first-order valence-electron chi connectivity index (χ1n) is 8.36. The SMILES string of the molecule is CCNC(=NCCCOCC)Nc1ccc2c(c1)OCCCO2. The third-order valence-corrected chi connectivity index (χ3v) is 3.28. The van der Waals surface area contributed by atoms with Crippen LogP contribution in [0.15, 0.2) is 23.2 Å². The molecule has 128 valence electrons. The van der Waals surface area contributed by atoms with Crippen LogP contribution in [-0.4, -0.2) is 45.5 Å². The molecule has 1 aliphatic rings. The zero-order valence-corrected chi connectivity index (χ0v) is 14.1. The molecule has 0 saturated heterocycles. The van der Waals surface area contributed by atoms with Crippen LogP contribution in [0.3, 0.4) is 0 Å². The van der Waals surface area contributed by atoms with E-state index in [2.05, 4.69) is 15.6 Å². The standard InChI is InChI=1S/C17H27N3O3/c1-3-18-17(19-9-5-10-21-4-2)20-14-7-8-15-16(13-14)23-12-6-11-22-15/h7-8,13H,3-6,9-12H2,1-2H3,(H2,18,19,20). The molecule has 0 atom stereocenters. The third kappa shape index (κ3) is 5.98. The maximum Gasteiger partial charge on any atom is 0.195 e. The van der Waals surface area contributed by atoms with Crippen LogP contribution in [0.25, 0.3) is 0 Å². The molecule has 0 spiro atoms. The number of fused-ring (bicyclic) bond motifs is 1. The fourth-order valence-corrected chi connectivity index (χ4v) is 2.19. The maximum absolute atomic E-state index is 5.71. The predicted molar refractivity (Wildman–Crippen MR) is 92.8 cm³/mol. The van der Waals surface area contributed by atoms with E-state index in [-0.39, 0.29) is 0 Å². The van der Waals surface area contributed by atoms with Crippen LogP contribution in [0.1, 0.15) is 26.7 Å². The van der Waals surface area contributed by atoms with Gasteiger partial charge in [0.25, 0.3) is 0 Å². The summed E-state index contributed by atoms with van der Waals surface area (Å²) >= 11 is 0. The Balaban J connectivity index is 1.96. The van der Waals surface area contributed by atoms with Gasteiger partial charge >= 0.3 is 0 Å². The zero-order valence-electron chi connectivity index (χ0n) is 14.1. The minimum atomic E-state index is 0.683. The highest BCUT2D eigenvalue weighted by molar-refractivity contribution is 5.93. The van der Waals surface area contributed by atoms with Crippen molar-refractivity contribution in [3.8, 4) is 11.5 Å². The lowest BCUT2D eigenvalue weighted by Gasteiger charge is -2.13. The Kier molecular flexibility index (Phi) is 7.52. The Morgan fingerprint density at radius 1 is 1.22 bits per heavy atom. The average molecular weight is 321 g/mol. The van der Waals surface area contributed by atoms with Gasteiger partial charge in [0.05, 0.1) is 13.2 Å². The molecule has 0 bridgehead atoms. The molecule has 0 saturated carbocycles. The molecule has 1 heterocycles. The second-order valence-corrected chi connectivity index (χ2v) is 5.15. The first-order chi connectivity index (χ1) is 11.3. The number of aliphatic imine (C=N–C) groups is 1. The minimum absolute atomic E-state index is 0.683. The van der Waals surface area contributed by atoms with Crippen molar-refractivity contribution >= 4 is 11.6 Å². The summed E-state index contributed by atoms with van der Waals surface area (Å²) in [5.41, 5.74) is 0.929. The number of hydrogen-bond donors (Lipinski definition) is 2. The molecule has 0 aromatic heterocycles. The Bertz CT molecular complexity index is 506. The number of nitrogens with zero attached hydrogens (tertiary/aromatic N) is 1. The summed E-state index contributed by atoms with van der Waals surface area (Å²) in [6.45, 7) is 8.44. The zero-order chi connectivity index (χ0) is 16.3. The van der Waals surface area contributed by atoms with E-state index in [1.54, 1.807) is 0 Å². The van der Waals surface area contributed by atoms with Crippen LogP contribution in [0.2, 0.25) is 0 Å². The van der Waals surface area contributed by atoms with Gasteiger partial charge in [0.1, 0.15) is 0 Å². The van der Waals surface area contributed by atoms with Crippen molar-refractivity contribution in [1.82, 2.24) is 5.32 Å². The van der Waals surface area contributed by atoms with E-state index in [1.807, 2.05) is 32.0 Å². The third-order valence-electron chi connectivity index (χ3n) is 3.28. The molecule has 1 aliphatic heterocycles. The number of benzene rings is 1. The van der Waals surface area contributed by atoms with Gasteiger partial charge in [-0.1, -0.05) is 0 Å². The van der Waals surface area contributed by atoms with E-state index in [4.69, 9.17) is 14.2 Å². The quantitative estimate of drug-likeness (QED) is 0.459. The molecule has 0 fully saturated rings. The smallest absolute Gasteiger partial charge is 0.195 e. The monoisotopic (exact) mass is 321 g/mol. The summed E-state index contributed by atoms with van der Waals surface area (Å²) in [4.78, 5) is 4.55. The molecule has 23 heavy (non-hydrogen) atoms. The number of hydrogen-bond acceptors (Lipinski definition) is 4. The van der Waals surface area contributed by atoms with Crippen LogP contribution in [0, 0.1) is 0 Å². The number of nitrogens with one attached hydrogen (secondary N) is 2. The van der Waals surface area contributed by atoms with Gasteiger partial charge in [-0.05, 0) is 32.4 Å². The van der Waals surface area contributed by atoms with Crippen molar-refractivity contribution in [3.05, 3.63) is 18.2 Å². The number of guanidine groups is 1. The molecule has 0 radical (unpaired) electrons. The highest BCUT2D eigenvalue weighted by Gasteiger charge is 2.11. The van der Waals surface area contributed by atoms with E-state index in [9.17, 15) is 0 Å². The van der Waals surface area contributed by atoms with Crippen LogP contribution >= 0.6 is 0 Å². The second kappa shape index (κ2) is 9.94. The van der Waals surface area contributed by atoms with Gasteiger partial charge in [-0.3, -0.25) is 4.99 Å². The van der Waals surface area contributed by atoms with Crippen molar-refractivity contribution in [3.63, 3.8) is 0 Å². The summed E-state index contributed by atoms with van der Waals surface area (Å²) in [6.07, 6.45) is 1.81. The first kappa shape index (κ1) is 17.4.